The van der Waals surface area contributed by atoms with Crippen molar-refractivity contribution in [3.05, 3.63) is 29.8 Å². The van der Waals surface area contributed by atoms with E-state index in [0.717, 1.165) is 17.1 Å². The summed E-state index contributed by atoms with van der Waals surface area (Å²) in [6.07, 6.45) is 0. The molecule has 0 amide bonds. The zero-order chi connectivity index (χ0) is 8.55. The van der Waals surface area contributed by atoms with E-state index in [4.69, 9.17) is 11.6 Å². The van der Waals surface area contributed by atoms with E-state index in [1.54, 1.807) is 0 Å². The molecule has 62 valence electrons. The first-order valence-corrected chi connectivity index (χ1v) is 4.25. The lowest BCUT2D eigenvalue weighted by Crippen LogP contribution is -2.15. The molecule has 1 aromatic carbocycles. The van der Waals surface area contributed by atoms with Gasteiger partial charge in [-0.3, -0.25) is 0 Å². The van der Waals surface area contributed by atoms with E-state index < -0.39 is 0 Å². The van der Waals surface area contributed by atoms with Crippen molar-refractivity contribution in [3.63, 3.8) is 0 Å². The van der Waals surface area contributed by atoms with E-state index >= 15 is 0 Å². The predicted molar refractivity (Wildman–Crippen MR) is 51.8 cm³/mol. The van der Waals surface area contributed by atoms with Gasteiger partial charge in [0.15, 0.2) is 5.50 Å². The number of nitrogens with one attached hydrogen (secondary N) is 1. The van der Waals surface area contributed by atoms with Crippen molar-refractivity contribution in [3.8, 4) is 0 Å². The molecular weight excluding hydrogens is 172 g/mol. The van der Waals surface area contributed by atoms with Crippen LogP contribution in [0.5, 0.6) is 0 Å². The van der Waals surface area contributed by atoms with Crippen LogP contribution < -0.4 is 5.32 Å². The Morgan fingerprint density at radius 3 is 3.00 bits per heavy atom. The average Bonchev–Trinajstić information content (AvgIpc) is 2.04. The summed E-state index contributed by atoms with van der Waals surface area (Å²) in [5, 5.41) is 3.16. The fourth-order valence-electron chi connectivity index (χ4n) is 1.29. The highest BCUT2D eigenvalue weighted by Gasteiger charge is 2.15. The van der Waals surface area contributed by atoms with Crippen LogP contribution in [0.3, 0.4) is 0 Å². The lowest BCUT2D eigenvalue weighted by atomic mass is 10.1. The van der Waals surface area contributed by atoms with Crippen LogP contribution in [0, 0.1) is 0 Å². The molecule has 0 saturated heterocycles. The number of alkyl halides is 1. The quantitative estimate of drug-likeness (QED) is 0.482. The molecule has 0 fully saturated rings. The number of halogens is 1. The fourth-order valence-corrected chi connectivity index (χ4v) is 1.62. The van der Waals surface area contributed by atoms with E-state index in [9.17, 15) is 0 Å². The fraction of sp³-hybridized carbons (Fsp3) is 0.222. The molecule has 1 aliphatic heterocycles. The van der Waals surface area contributed by atoms with Gasteiger partial charge in [0.25, 0.3) is 0 Å². The largest absolute Gasteiger partial charge is 0.344 e. The van der Waals surface area contributed by atoms with Crippen molar-refractivity contribution in [2.45, 2.75) is 12.4 Å². The third-order valence-corrected chi connectivity index (χ3v) is 2.17. The van der Waals surface area contributed by atoms with Crippen LogP contribution in [-0.2, 0) is 0 Å². The molecular formula is C9H9ClN2. The first kappa shape index (κ1) is 7.62. The van der Waals surface area contributed by atoms with Crippen LogP contribution in [0.4, 0.5) is 5.69 Å². The molecule has 1 aromatic rings. The second-order valence-corrected chi connectivity index (χ2v) is 3.18. The van der Waals surface area contributed by atoms with Gasteiger partial charge in [0.05, 0.1) is 5.84 Å². The van der Waals surface area contributed by atoms with Gasteiger partial charge in [-0.15, -0.1) is 0 Å². The first-order chi connectivity index (χ1) is 5.77. The molecule has 2 rings (SSSR count). The summed E-state index contributed by atoms with van der Waals surface area (Å²) in [5.74, 6) is 0.869. The van der Waals surface area contributed by atoms with Gasteiger partial charge in [0.1, 0.15) is 0 Å². The van der Waals surface area contributed by atoms with Crippen molar-refractivity contribution >= 4 is 23.1 Å². The number of hydrogen-bond donors (Lipinski definition) is 1. The van der Waals surface area contributed by atoms with Gasteiger partial charge >= 0.3 is 0 Å². The highest BCUT2D eigenvalue weighted by Crippen LogP contribution is 2.31. The Kier molecular flexibility index (Phi) is 1.77. The molecule has 0 saturated carbocycles. The van der Waals surface area contributed by atoms with Crippen molar-refractivity contribution in [1.82, 2.24) is 0 Å². The molecule has 1 N–H and O–H groups in total. The van der Waals surface area contributed by atoms with Crippen LogP contribution in [0.2, 0.25) is 0 Å². The Morgan fingerprint density at radius 1 is 1.42 bits per heavy atom. The van der Waals surface area contributed by atoms with Gasteiger partial charge in [-0.1, -0.05) is 29.8 Å². The maximum absolute atomic E-state index is 6.01. The zero-order valence-electron chi connectivity index (χ0n) is 6.71. The van der Waals surface area contributed by atoms with Gasteiger partial charge in [0.2, 0.25) is 0 Å². The lowest BCUT2D eigenvalue weighted by molar-refractivity contribution is 0.997. The molecule has 1 atom stereocenters. The SMILES string of the molecule is CC1=NC(Cl)c2ccccc2N1. The van der Waals surface area contributed by atoms with E-state index in [1.165, 1.54) is 0 Å². The molecule has 2 nitrogen and oxygen atoms in total. The molecule has 1 aliphatic rings. The molecule has 1 heterocycles. The van der Waals surface area contributed by atoms with Crippen LogP contribution in [0.25, 0.3) is 0 Å². The van der Waals surface area contributed by atoms with Crippen molar-refractivity contribution in [1.29, 1.82) is 0 Å². The monoisotopic (exact) mass is 180 g/mol. The van der Waals surface area contributed by atoms with Crippen molar-refractivity contribution < 1.29 is 0 Å². The Morgan fingerprint density at radius 2 is 2.17 bits per heavy atom. The summed E-state index contributed by atoms with van der Waals surface area (Å²) < 4.78 is 0. The van der Waals surface area contributed by atoms with Crippen LogP contribution >= 0.6 is 11.6 Å². The molecule has 0 bridgehead atoms. The van der Waals surface area contributed by atoms with E-state index in [2.05, 4.69) is 10.3 Å². The number of para-hydroxylation sites is 1. The molecule has 1 unspecified atom stereocenters. The standard InChI is InChI=1S/C9H9ClN2/c1-6-11-8-5-3-2-4-7(8)9(10)12-6/h2-5,9H,1H3,(H,11,12). The Balaban J connectivity index is 2.48. The Labute approximate surface area is 76.3 Å². The maximum Gasteiger partial charge on any atom is 0.152 e. The van der Waals surface area contributed by atoms with Gasteiger partial charge in [0, 0.05) is 11.3 Å². The number of amidine groups is 1. The highest BCUT2D eigenvalue weighted by molar-refractivity contribution is 6.22. The minimum Gasteiger partial charge on any atom is -0.344 e. The summed E-state index contributed by atoms with van der Waals surface area (Å²) in [5.41, 5.74) is 1.87. The third kappa shape index (κ3) is 1.18. The van der Waals surface area contributed by atoms with Gasteiger partial charge in [-0.05, 0) is 13.0 Å². The summed E-state index contributed by atoms with van der Waals surface area (Å²) in [4.78, 5) is 4.19. The summed E-state index contributed by atoms with van der Waals surface area (Å²) in [6, 6.07) is 7.93. The molecule has 0 aliphatic carbocycles. The van der Waals surface area contributed by atoms with E-state index in [0.29, 0.717) is 0 Å². The van der Waals surface area contributed by atoms with Crippen LogP contribution in [-0.4, -0.2) is 5.84 Å². The zero-order valence-corrected chi connectivity index (χ0v) is 7.47. The summed E-state index contributed by atoms with van der Waals surface area (Å²) in [6.45, 7) is 1.91. The molecule has 0 spiro atoms. The highest BCUT2D eigenvalue weighted by atomic mass is 35.5. The minimum atomic E-state index is -0.234. The number of rotatable bonds is 0. The second-order valence-electron chi connectivity index (χ2n) is 2.76. The van der Waals surface area contributed by atoms with Gasteiger partial charge in [-0.25, -0.2) is 4.99 Å². The molecule has 3 heteroatoms. The average molecular weight is 181 g/mol. The maximum atomic E-state index is 6.01. The minimum absolute atomic E-state index is 0.234. The topological polar surface area (TPSA) is 24.4 Å². The van der Waals surface area contributed by atoms with E-state index in [1.807, 2.05) is 31.2 Å². The van der Waals surface area contributed by atoms with Crippen molar-refractivity contribution in [2.24, 2.45) is 4.99 Å². The summed E-state index contributed by atoms with van der Waals surface area (Å²) in [7, 11) is 0. The third-order valence-electron chi connectivity index (χ3n) is 1.84. The lowest BCUT2D eigenvalue weighted by Gasteiger charge is -2.19. The van der Waals surface area contributed by atoms with Crippen LogP contribution in [0.1, 0.15) is 18.0 Å². The van der Waals surface area contributed by atoms with Gasteiger partial charge in [-0.2, -0.15) is 0 Å². The Hall–Kier alpha value is -1.02. The first-order valence-electron chi connectivity index (χ1n) is 3.82. The van der Waals surface area contributed by atoms with Crippen LogP contribution in [0.15, 0.2) is 29.3 Å². The predicted octanol–water partition coefficient (Wildman–Crippen LogP) is 2.77. The van der Waals surface area contributed by atoms with Crippen molar-refractivity contribution in [2.75, 3.05) is 5.32 Å². The number of anilines is 1. The summed E-state index contributed by atoms with van der Waals surface area (Å²) >= 11 is 6.01. The molecule has 12 heavy (non-hydrogen) atoms. The normalized spacial score (nSPS) is 20.8. The number of fused-ring (bicyclic) bond motifs is 1. The second kappa shape index (κ2) is 2.79. The van der Waals surface area contributed by atoms with E-state index in [-0.39, 0.29) is 5.50 Å². The number of hydrogen-bond acceptors (Lipinski definition) is 2. The number of aliphatic imine (C=N–C) groups is 1. The van der Waals surface area contributed by atoms with Gasteiger partial charge < -0.3 is 5.32 Å². The molecule has 0 aromatic heterocycles. The number of nitrogens with zero attached hydrogens (tertiary/aromatic N) is 1. The molecule has 0 radical (unpaired) electrons. The number of benzene rings is 1. The smallest absolute Gasteiger partial charge is 0.152 e. The Bertz CT molecular complexity index is 333.